The van der Waals surface area contributed by atoms with Gasteiger partial charge in [0, 0.05) is 18.6 Å². The minimum absolute atomic E-state index is 0.251. The van der Waals surface area contributed by atoms with Crippen molar-refractivity contribution in [3.8, 4) is 0 Å². The van der Waals surface area contributed by atoms with Gasteiger partial charge in [0.05, 0.1) is 0 Å². The molecule has 2 aromatic carbocycles. The van der Waals surface area contributed by atoms with Crippen molar-refractivity contribution >= 4 is 47.2 Å². The Morgan fingerprint density at radius 2 is 1.78 bits per heavy atom. The Bertz CT molecular complexity index is 1310. The lowest BCUT2D eigenvalue weighted by atomic mass is 9.92. The van der Waals surface area contributed by atoms with Gasteiger partial charge in [0.1, 0.15) is 10.6 Å². The molecule has 0 radical (unpaired) electrons. The van der Waals surface area contributed by atoms with Crippen molar-refractivity contribution in [1.29, 1.82) is 0 Å². The summed E-state index contributed by atoms with van der Waals surface area (Å²) in [6, 6.07) is 19.1. The van der Waals surface area contributed by atoms with E-state index in [2.05, 4.69) is 15.5 Å². The SMILES string of the molecule is CS[C@]1(N)C(=O)N2C(C(=O)OC(c3ccccc3)c3ccccc3)=C(CSc3nnnn3C)CS[C@@]21C. The number of β-lactam (4-membered cyclic amide) rings is 1. The molecule has 0 aliphatic carbocycles. The van der Waals surface area contributed by atoms with Crippen LogP contribution in [-0.4, -0.2) is 64.5 Å². The second kappa shape index (κ2) is 10.2. The maximum absolute atomic E-state index is 14.0. The first-order chi connectivity index (χ1) is 17.8. The predicted octanol–water partition coefficient (Wildman–Crippen LogP) is 3.21. The summed E-state index contributed by atoms with van der Waals surface area (Å²) in [5.74, 6) is 0.0703. The van der Waals surface area contributed by atoms with Crippen molar-refractivity contribution in [1.82, 2.24) is 25.1 Å². The van der Waals surface area contributed by atoms with Crippen molar-refractivity contribution in [2.45, 2.75) is 27.9 Å². The molecule has 1 aromatic heterocycles. The average molecular weight is 555 g/mol. The number of aromatic nitrogens is 4. The van der Waals surface area contributed by atoms with Crippen molar-refractivity contribution in [2.75, 3.05) is 17.8 Å². The molecule has 1 saturated heterocycles. The summed E-state index contributed by atoms with van der Waals surface area (Å²) in [5.41, 5.74) is 9.24. The predicted molar refractivity (Wildman–Crippen MR) is 146 cm³/mol. The van der Waals surface area contributed by atoms with Crippen LogP contribution in [-0.2, 0) is 21.4 Å². The second-order valence-electron chi connectivity index (χ2n) is 8.78. The van der Waals surface area contributed by atoms with Crippen LogP contribution in [0.2, 0.25) is 0 Å². The Morgan fingerprint density at radius 3 is 2.32 bits per heavy atom. The highest BCUT2D eigenvalue weighted by atomic mass is 32.2. The second-order valence-corrected chi connectivity index (χ2v) is 12.2. The van der Waals surface area contributed by atoms with Crippen molar-refractivity contribution in [3.63, 3.8) is 0 Å². The molecule has 0 spiro atoms. The molecule has 0 bridgehead atoms. The van der Waals surface area contributed by atoms with Gasteiger partial charge >= 0.3 is 5.97 Å². The third-order valence-corrected chi connectivity index (χ3v) is 10.6. The number of carbonyl (C=O) groups excluding carboxylic acids is 2. The molecule has 2 N–H and O–H groups in total. The van der Waals surface area contributed by atoms with Gasteiger partial charge in [-0.2, -0.15) is 0 Å². The fourth-order valence-corrected chi connectivity index (χ4v) is 7.93. The summed E-state index contributed by atoms with van der Waals surface area (Å²) in [5, 5.41) is 12.2. The molecule has 2 atom stereocenters. The molecule has 1 fully saturated rings. The number of hydrogen-bond donors (Lipinski definition) is 1. The van der Waals surface area contributed by atoms with E-state index in [-0.39, 0.29) is 11.6 Å². The molecule has 2 aliphatic rings. The van der Waals surface area contributed by atoms with Gasteiger partial charge in [0.2, 0.25) is 5.16 Å². The molecule has 12 heteroatoms. The molecule has 0 unspecified atom stereocenters. The molecular formula is C25H26N6O3S3. The van der Waals surface area contributed by atoms with Gasteiger partial charge in [-0.1, -0.05) is 72.4 Å². The van der Waals surface area contributed by atoms with Crippen LogP contribution in [0.15, 0.2) is 77.1 Å². The van der Waals surface area contributed by atoms with E-state index in [1.807, 2.05) is 73.8 Å². The van der Waals surface area contributed by atoms with Gasteiger partial charge in [-0.25, -0.2) is 9.48 Å². The standard InChI is InChI=1S/C25H26N6O3S3/c1-24-25(26,35-3)22(33)31(24)19(18(15-37-24)14-36-23-27-28-29-30(23)2)21(32)34-20(16-10-6-4-7-11-16)17-12-8-5-9-13-17/h4-13,20H,14-15,26H2,1-3H3/t24-,25-/m1/s1. The quantitative estimate of drug-likeness (QED) is 0.193. The largest absolute Gasteiger partial charge is 0.448 e. The maximum atomic E-state index is 14.0. The molecule has 9 nitrogen and oxygen atoms in total. The number of carbonyl (C=O) groups is 2. The number of rotatable bonds is 8. The topological polar surface area (TPSA) is 116 Å². The highest BCUT2D eigenvalue weighted by Crippen LogP contribution is 2.57. The molecule has 5 rings (SSSR count). The van der Waals surface area contributed by atoms with Crippen LogP contribution >= 0.6 is 35.3 Å². The fraction of sp³-hybridized carbons (Fsp3) is 0.320. The van der Waals surface area contributed by atoms with Crippen molar-refractivity contribution in [3.05, 3.63) is 83.1 Å². The van der Waals surface area contributed by atoms with E-state index in [1.54, 1.807) is 23.5 Å². The fourth-order valence-electron chi connectivity index (χ4n) is 4.48. The summed E-state index contributed by atoms with van der Waals surface area (Å²) in [6.45, 7) is 1.91. The third kappa shape index (κ3) is 4.35. The minimum Gasteiger partial charge on any atom is -0.448 e. The molecule has 1 amide bonds. The highest BCUT2D eigenvalue weighted by Gasteiger charge is 2.70. The Balaban J connectivity index is 1.53. The van der Waals surface area contributed by atoms with Crippen LogP contribution in [0.4, 0.5) is 0 Å². The number of thioether (sulfide) groups is 3. The lowest BCUT2D eigenvalue weighted by molar-refractivity contribution is -0.159. The van der Waals surface area contributed by atoms with E-state index in [1.165, 1.54) is 28.4 Å². The van der Waals surface area contributed by atoms with Gasteiger partial charge in [-0.05, 0) is 40.3 Å². The Kier molecular flexibility index (Phi) is 7.10. The maximum Gasteiger partial charge on any atom is 0.356 e. The number of nitrogens with zero attached hydrogens (tertiary/aromatic N) is 5. The lowest BCUT2D eigenvalue weighted by Gasteiger charge is -2.62. The molecule has 3 aromatic rings. The molecule has 192 valence electrons. The summed E-state index contributed by atoms with van der Waals surface area (Å²) in [4.78, 5) is 27.0. The van der Waals surface area contributed by atoms with E-state index in [0.29, 0.717) is 16.7 Å². The molecule has 3 heterocycles. The number of aryl methyl sites for hydroxylation is 1. The van der Waals surface area contributed by atoms with Crippen LogP contribution in [0.1, 0.15) is 24.2 Å². The van der Waals surface area contributed by atoms with E-state index in [0.717, 1.165) is 16.7 Å². The highest BCUT2D eigenvalue weighted by molar-refractivity contribution is 8.05. The number of esters is 1. The summed E-state index contributed by atoms with van der Waals surface area (Å²) >= 11 is 4.25. The first-order valence-electron chi connectivity index (χ1n) is 11.5. The Labute approximate surface area is 227 Å². The zero-order chi connectivity index (χ0) is 26.2. The Morgan fingerprint density at radius 1 is 1.16 bits per heavy atom. The van der Waals surface area contributed by atoms with Gasteiger partial charge in [-0.15, -0.1) is 28.6 Å². The van der Waals surface area contributed by atoms with Crippen LogP contribution in [0.25, 0.3) is 0 Å². The first kappa shape index (κ1) is 25.8. The number of nitrogens with two attached hydrogens (primary N) is 1. The van der Waals surface area contributed by atoms with Crippen molar-refractivity contribution < 1.29 is 14.3 Å². The zero-order valence-electron chi connectivity index (χ0n) is 20.5. The van der Waals surface area contributed by atoms with E-state index >= 15 is 0 Å². The monoisotopic (exact) mass is 554 g/mol. The molecule has 2 aliphatic heterocycles. The molecule has 37 heavy (non-hydrogen) atoms. The third-order valence-electron chi connectivity index (χ3n) is 6.62. The number of ether oxygens (including phenoxy) is 1. The van der Waals surface area contributed by atoms with Crippen molar-refractivity contribution in [2.24, 2.45) is 12.8 Å². The number of benzene rings is 2. The van der Waals surface area contributed by atoms with Crippen LogP contribution in [0, 0.1) is 0 Å². The minimum atomic E-state index is -1.13. The summed E-state index contributed by atoms with van der Waals surface area (Å²) in [7, 11) is 1.75. The smallest absolute Gasteiger partial charge is 0.356 e. The number of tetrazole rings is 1. The molecular weight excluding hydrogens is 529 g/mol. The lowest BCUT2D eigenvalue weighted by Crippen LogP contribution is -2.82. The Hall–Kier alpha value is -2.80. The summed E-state index contributed by atoms with van der Waals surface area (Å²) in [6.07, 6.45) is 1.18. The number of hydrogen-bond acceptors (Lipinski definition) is 10. The zero-order valence-corrected chi connectivity index (χ0v) is 23.0. The summed E-state index contributed by atoms with van der Waals surface area (Å²) < 4.78 is 7.77. The van der Waals surface area contributed by atoms with Crippen LogP contribution in [0.5, 0.6) is 0 Å². The number of amides is 1. The normalized spacial score (nSPS) is 23.2. The van der Waals surface area contributed by atoms with Crippen LogP contribution < -0.4 is 5.73 Å². The van der Waals surface area contributed by atoms with E-state index < -0.39 is 21.8 Å². The van der Waals surface area contributed by atoms with Gasteiger partial charge in [0.25, 0.3) is 5.91 Å². The number of fused-ring (bicyclic) bond motifs is 1. The van der Waals surface area contributed by atoms with E-state index in [9.17, 15) is 9.59 Å². The van der Waals surface area contributed by atoms with E-state index in [4.69, 9.17) is 10.5 Å². The van der Waals surface area contributed by atoms with Gasteiger partial charge in [-0.3, -0.25) is 9.69 Å². The first-order valence-corrected chi connectivity index (χ1v) is 14.7. The van der Waals surface area contributed by atoms with Crippen LogP contribution in [0.3, 0.4) is 0 Å². The average Bonchev–Trinajstić information content (AvgIpc) is 3.35. The van der Waals surface area contributed by atoms with Gasteiger partial charge in [0.15, 0.2) is 11.0 Å². The van der Waals surface area contributed by atoms with Gasteiger partial charge < -0.3 is 10.5 Å². The molecule has 0 saturated carbocycles.